The predicted octanol–water partition coefficient (Wildman–Crippen LogP) is 0.931. The molecule has 100 valence electrons. The number of primary amides is 1. The highest BCUT2D eigenvalue weighted by atomic mass is 35.5. The number of carbonyl (C=O) groups excluding carboxylic acids is 1. The van der Waals surface area contributed by atoms with Crippen LogP contribution in [0.1, 0.15) is 13.8 Å². The van der Waals surface area contributed by atoms with Gasteiger partial charge in [0.05, 0.1) is 5.02 Å². The van der Waals surface area contributed by atoms with Crippen LogP contribution in [0.25, 0.3) is 0 Å². The summed E-state index contributed by atoms with van der Waals surface area (Å²) < 4.78 is 26.1. The number of aromatic nitrogens is 1. The maximum Gasteiger partial charge on any atom is 0.243 e. The second-order valence-corrected chi connectivity index (χ2v) is 6.49. The molecule has 1 heterocycles. The van der Waals surface area contributed by atoms with Crippen LogP contribution in [0, 0.1) is 0 Å². The molecule has 1 aromatic heterocycles. The zero-order valence-corrected chi connectivity index (χ0v) is 11.9. The number of sulfonamides is 1. The number of halogens is 2. The molecule has 0 unspecified atom stereocenters. The average molecular weight is 312 g/mol. The third-order valence-electron chi connectivity index (χ3n) is 2.09. The number of carbonyl (C=O) groups is 1. The van der Waals surface area contributed by atoms with Crippen molar-refractivity contribution in [1.82, 2.24) is 9.71 Å². The molecular formula is C9H11Cl2N3O3S. The number of nitrogens with two attached hydrogens (primary N) is 1. The normalized spacial score (nSPS) is 12.4. The minimum absolute atomic E-state index is 0.00331. The summed E-state index contributed by atoms with van der Waals surface area (Å²) in [5, 5.41) is -0.0128. The van der Waals surface area contributed by atoms with E-state index in [0.717, 1.165) is 12.3 Å². The number of rotatable bonds is 4. The second kappa shape index (κ2) is 5.00. The molecule has 0 saturated carbocycles. The number of hydrogen-bond acceptors (Lipinski definition) is 4. The summed E-state index contributed by atoms with van der Waals surface area (Å²) in [5.74, 6) is -0.806. The van der Waals surface area contributed by atoms with Crippen LogP contribution in [-0.4, -0.2) is 24.8 Å². The number of amides is 1. The number of hydrogen-bond donors (Lipinski definition) is 2. The van der Waals surface area contributed by atoms with Gasteiger partial charge in [-0.05, 0) is 19.9 Å². The fourth-order valence-electron chi connectivity index (χ4n) is 0.996. The van der Waals surface area contributed by atoms with Gasteiger partial charge in [-0.15, -0.1) is 0 Å². The SMILES string of the molecule is CC(C)(NS(=O)(=O)c1cnc(Cl)c(Cl)c1)C(N)=O. The van der Waals surface area contributed by atoms with Crippen molar-refractivity contribution in [2.24, 2.45) is 5.73 Å². The predicted molar refractivity (Wildman–Crippen MR) is 67.9 cm³/mol. The first-order valence-corrected chi connectivity index (χ1v) is 6.95. The third-order valence-corrected chi connectivity index (χ3v) is 4.40. The minimum Gasteiger partial charge on any atom is -0.368 e. The summed E-state index contributed by atoms with van der Waals surface area (Å²) >= 11 is 11.3. The largest absolute Gasteiger partial charge is 0.368 e. The summed E-state index contributed by atoms with van der Waals surface area (Å²) in [7, 11) is -3.96. The van der Waals surface area contributed by atoms with Crippen LogP contribution in [0.4, 0.5) is 0 Å². The van der Waals surface area contributed by atoms with Gasteiger partial charge in [0, 0.05) is 6.20 Å². The van der Waals surface area contributed by atoms with Crippen LogP contribution in [0.5, 0.6) is 0 Å². The molecule has 0 fully saturated rings. The Morgan fingerprint density at radius 3 is 2.44 bits per heavy atom. The van der Waals surface area contributed by atoms with Crippen molar-refractivity contribution >= 4 is 39.1 Å². The van der Waals surface area contributed by atoms with Gasteiger partial charge in [0.25, 0.3) is 0 Å². The molecule has 0 aliphatic rings. The van der Waals surface area contributed by atoms with Gasteiger partial charge in [-0.3, -0.25) is 4.79 Å². The number of pyridine rings is 1. The van der Waals surface area contributed by atoms with Crippen LogP contribution < -0.4 is 10.5 Å². The van der Waals surface area contributed by atoms with Crippen molar-refractivity contribution in [3.63, 3.8) is 0 Å². The molecule has 0 atom stereocenters. The zero-order chi connectivity index (χ0) is 14.1. The summed E-state index contributed by atoms with van der Waals surface area (Å²) in [6.07, 6.45) is 1.04. The molecule has 0 saturated heterocycles. The molecule has 3 N–H and O–H groups in total. The van der Waals surface area contributed by atoms with Gasteiger partial charge in [0.15, 0.2) is 0 Å². The first kappa shape index (κ1) is 15.2. The quantitative estimate of drug-likeness (QED) is 0.807. The zero-order valence-electron chi connectivity index (χ0n) is 9.57. The molecule has 0 radical (unpaired) electrons. The van der Waals surface area contributed by atoms with Crippen LogP contribution in [0.15, 0.2) is 17.2 Å². The molecule has 0 spiro atoms. The lowest BCUT2D eigenvalue weighted by atomic mass is 10.1. The molecule has 0 aliphatic carbocycles. The average Bonchev–Trinajstić information content (AvgIpc) is 2.20. The fraction of sp³-hybridized carbons (Fsp3) is 0.333. The highest BCUT2D eigenvalue weighted by Crippen LogP contribution is 2.22. The molecular weight excluding hydrogens is 301 g/mol. The van der Waals surface area contributed by atoms with Gasteiger partial charge >= 0.3 is 0 Å². The van der Waals surface area contributed by atoms with E-state index in [2.05, 4.69) is 9.71 Å². The number of nitrogens with zero attached hydrogens (tertiary/aromatic N) is 1. The van der Waals surface area contributed by atoms with E-state index >= 15 is 0 Å². The Hall–Kier alpha value is -0.890. The van der Waals surface area contributed by atoms with Crippen LogP contribution in [0.3, 0.4) is 0 Å². The van der Waals surface area contributed by atoms with E-state index in [1.54, 1.807) is 0 Å². The standard InChI is InChI=1S/C9H11Cl2N3O3S/c1-9(2,8(12)15)14-18(16,17)5-3-6(10)7(11)13-4-5/h3-4,14H,1-2H3,(H2,12,15). The van der Waals surface area contributed by atoms with E-state index in [1.165, 1.54) is 13.8 Å². The van der Waals surface area contributed by atoms with Crippen molar-refractivity contribution in [2.75, 3.05) is 0 Å². The Bertz CT molecular complexity index is 587. The molecule has 0 aromatic carbocycles. The molecule has 18 heavy (non-hydrogen) atoms. The molecule has 1 rings (SSSR count). The van der Waals surface area contributed by atoms with Gasteiger partial charge < -0.3 is 5.73 Å². The van der Waals surface area contributed by atoms with Crippen molar-refractivity contribution in [3.05, 3.63) is 22.4 Å². The van der Waals surface area contributed by atoms with E-state index in [0.29, 0.717) is 0 Å². The Morgan fingerprint density at radius 1 is 1.44 bits per heavy atom. The first-order valence-electron chi connectivity index (χ1n) is 4.71. The van der Waals surface area contributed by atoms with Gasteiger partial charge in [-0.2, -0.15) is 4.72 Å². The molecule has 9 heteroatoms. The van der Waals surface area contributed by atoms with E-state index in [4.69, 9.17) is 28.9 Å². The summed E-state index contributed by atoms with van der Waals surface area (Å²) in [5.41, 5.74) is 3.66. The van der Waals surface area contributed by atoms with Crippen molar-refractivity contribution in [2.45, 2.75) is 24.3 Å². The number of nitrogens with one attached hydrogen (secondary N) is 1. The summed E-state index contributed by atoms with van der Waals surface area (Å²) in [6.45, 7) is 2.69. The van der Waals surface area contributed by atoms with Crippen molar-refractivity contribution in [3.8, 4) is 0 Å². The molecule has 0 bridgehead atoms. The van der Waals surface area contributed by atoms with Gasteiger partial charge in [0.1, 0.15) is 15.6 Å². The van der Waals surface area contributed by atoms with Crippen LogP contribution in [0.2, 0.25) is 10.2 Å². The molecule has 6 nitrogen and oxygen atoms in total. The van der Waals surface area contributed by atoms with Crippen molar-refractivity contribution in [1.29, 1.82) is 0 Å². The summed E-state index contributed by atoms with van der Waals surface area (Å²) in [4.78, 5) is 14.5. The van der Waals surface area contributed by atoms with Crippen LogP contribution >= 0.6 is 23.2 Å². The Labute approximate surface area is 115 Å². The first-order chi connectivity index (χ1) is 8.06. The van der Waals surface area contributed by atoms with E-state index in [9.17, 15) is 13.2 Å². The Balaban J connectivity index is 3.15. The highest BCUT2D eigenvalue weighted by molar-refractivity contribution is 7.89. The van der Waals surface area contributed by atoms with Crippen molar-refractivity contribution < 1.29 is 13.2 Å². The van der Waals surface area contributed by atoms with Crippen LogP contribution in [-0.2, 0) is 14.8 Å². The molecule has 0 aliphatic heterocycles. The van der Waals surface area contributed by atoms with E-state index in [1.807, 2.05) is 0 Å². The smallest absolute Gasteiger partial charge is 0.243 e. The maximum atomic E-state index is 12.0. The lowest BCUT2D eigenvalue weighted by Crippen LogP contribution is -2.52. The Kier molecular flexibility index (Phi) is 4.22. The maximum absolute atomic E-state index is 12.0. The fourth-order valence-corrected chi connectivity index (χ4v) is 2.68. The van der Waals surface area contributed by atoms with Gasteiger partial charge in [-0.25, -0.2) is 13.4 Å². The van der Waals surface area contributed by atoms with Gasteiger partial charge in [0.2, 0.25) is 15.9 Å². The van der Waals surface area contributed by atoms with Gasteiger partial charge in [-0.1, -0.05) is 23.2 Å². The molecule has 1 amide bonds. The minimum atomic E-state index is -3.96. The second-order valence-electron chi connectivity index (χ2n) is 4.04. The highest BCUT2D eigenvalue weighted by Gasteiger charge is 2.31. The molecule has 1 aromatic rings. The van der Waals surface area contributed by atoms with E-state index in [-0.39, 0.29) is 15.1 Å². The Morgan fingerprint density at radius 2 is 2.00 bits per heavy atom. The topological polar surface area (TPSA) is 102 Å². The lowest BCUT2D eigenvalue weighted by Gasteiger charge is -2.21. The monoisotopic (exact) mass is 311 g/mol. The lowest BCUT2D eigenvalue weighted by molar-refractivity contribution is -0.122. The summed E-state index contributed by atoms with van der Waals surface area (Å²) in [6, 6.07) is 1.14. The van der Waals surface area contributed by atoms with E-state index < -0.39 is 21.5 Å². The third kappa shape index (κ3) is 3.32.